The van der Waals surface area contributed by atoms with E-state index in [9.17, 15) is 0 Å². The Morgan fingerprint density at radius 2 is 0.923 bits per heavy atom. The molecule has 39 heavy (non-hydrogen) atoms. The molecule has 0 aliphatic carbocycles. The van der Waals surface area contributed by atoms with Crippen LogP contribution in [0.5, 0.6) is 23.0 Å². The summed E-state index contributed by atoms with van der Waals surface area (Å²) in [6.45, 7) is 7.85. The van der Waals surface area contributed by atoms with Crippen LogP contribution in [0, 0.1) is 27.7 Å². The molecule has 0 saturated heterocycles. The summed E-state index contributed by atoms with van der Waals surface area (Å²) in [5.74, 6) is 2.51. The number of nitrogens with two attached hydrogens (primary N) is 2. The third-order valence-corrected chi connectivity index (χ3v) is 11.5. The Morgan fingerprint density at radius 1 is 0.590 bits per heavy atom. The van der Waals surface area contributed by atoms with Gasteiger partial charge in [0.2, 0.25) is 0 Å². The van der Waals surface area contributed by atoms with E-state index in [4.69, 9.17) is 33.6 Å². The number of rotatable bonds is 11. The molecule has 0 spiro atoms. The number of para-hydroxylation sites is 4. The summed E-state index contributed by atoms with van der Waals surface area (Å²) in [6.07, 6.45) is 0. The van der Waals surface area contributed by atoms with Gasteiger partial charge >= 0.3 is 233 Å². The molecule has 0 aliphatic rings. The van der Waals surface area contributed by atoms with Gasteiger partial charge in [-0.3, -0.25) is 0 Å². The molecule has 11 heteroatoms. The van der Waals surface area contributed by atoms with Gasteiger partial charge in [-0.25, -0.2) is 0 Å². The van der Waals surface area contributed by atoms with Crippen molar-refractivity contribution in [2.45, 2.75) is 27.7 Å². The summed E-state index contributed by atoms with van der Waals surface area (Å²) in [5, 5.41) is 0. The number of aryl methyl sites for hydroxylation is 4. The molecule has 0 radical (unpaired) electrons. The molecule has 0 unspecified atom stereocenters. The summed E-state index contributed by atoms with van der Waals surface area (Å²) in [5.41, 5.74) is 16.0. The third-order valence-electron chi connectivity index (χ3n) is 5.74. The molecule has 0 aromatic heterocycles. The number of hydrogen-bond acceptors (Lipinski definition) is 6. The maximum absolute atomic E-state index is 6.63. The second-order valence-corrected chi connectivity index (χ2v) is 14.0. The average molecular weight is 585 g/mol. The van der Waals surface area contributed by atoms with Crippen LogP contribution in [0.4, 0.5) is 0 Å². The fraction of sp³-hybridized carbons (Fsp3) is 0.143. The molecule has 8 nitrogen and oxygen atoms in total. The zero-order valence-corrected chi connectivity index (χ0v) is 25.3. The van der Waals surface area contributed by atoms with E-state index in [-0.39, 0.29) is 0 Å². The Balaban J connectivity index is 1.82. The number of nitrogens with one attached hydrogen (secondary N) is 1. The Morgan fingerprint density at radius 3 is 1.26 bits per heavy atom. The van der Waals surface area contributed by atoms with Gasteiger partial charge in [0.15, 0.2) is 0 Å². The van der Waals surface area contributed by atoms with Crippen molar-refractivity contribution in [3.05, 3.63) is 119 Å². The SMILES string of the molecule is Cc1ccccc1OP(N[PH](N=[PH](N)N)(Oc1ccccc1C)Oc1ccccc1C)Oc1ccccc1C. The van der Waals surface area contributed by atoms with Gasteiger partial charge in [0, 0.05) is 0 Å². The minimum atomic E-state index is -3.86. The standard InChI is InChI=1S/C28H35N4O4P3/c1-21-13-5-9-17-25(21)33-38(34-26-18-10-6-14-22(26)2)32-39(31-37(29)30,35-27-19-11-7-15-23(27)3)36-28-20-12-8-16-24(28)4/h5-20,32,37,39H,1-4H3,(H4,29,30,31). The van der Waals surface area contributed by atoms with Crippen molar-refractivity contribution in [2.75, 3.05) is 0 Å². The maximum atomic E-state index is 6.63. The van der Waals surface area contributed by atoms with E-state index in [2.05, 4.69) is 4.86 Å². The van der Waals surface area contributed by atoms with Crippen molar-refractivity contribution in [3.8, 4) is 23.0 Å². The van der Waals surface area contributed by atoms with E-state index in [0.717, 1.165) is 22.3 Å². The first-order valence-electron chi connectivity index (χ1n) is 12.4. The van der Waals surface area contributed by atoms with Gasteiger partial charge in [-0.05, 0) is 0 Å². The predicted molar refractivity (Wildman–Crippen MR) is 165 cm³/mol. The summed E-state index contributed by atoms with van der Waals surface area (Å²) >= 11 is 0. The van der Waals surface area contributed by atoms with Crippen LogP contribution in [-0.4, -0.2) is 0 Å². The van der Waals surface area contributed by atoms with E-state index in [1.54, 1.807) is 0 Å². The molecule has 5 N–H and O–H groups in total. The molecular weight excluding hydrogens is 549 g/mol. The molecule has 0 saturated carbocycles. The van der Waals surface area contributed by atoms with E-state index in [1.165, 1.54) is 0 Å². The van der Waals surface area contributed by atoms with Crippen molar-refractivity contribution < 1.29 is 18.1 Å². The Labute approximate surface area is 232 Å². The van der Waals surface area contributed by atoms with Crippen LogP contribution < -0.4 is 34.0 Å². The minimum absolute atomic E-state index is 0.596. The molecule has 4 aromatic rings. The van der Waals surface area contributed by atoms with Gasteiger partial charge in [0.25, 0.3) is 0 Å². The number of nitrogens with zero attached hydrogens (tertiary/aromatic N) is 1. The van der Waals surface area contributed by atoms with Crippen LogP contribution >= 0.6 is 24.6 Å². The second-order valence-electron chi connectivity index (χ2n) is 8.94. The van der Waals surface area contributed by atoms with Gasteiger partial charge in [-0.15, -0.1) is 0 Å². The van der Waals surface area contributed by atoms with E-state index < -0.39 is 24.6 Å². The Kier molecular flexibility index (Phi) is 9.99. The quantitative estimate of drug-likeness (QED) is 0.154. The zero-order valence-electron chi connectivity index (χ0n) is 22.4. The second kappa shape index (κ2) is 13.4. The van der Waals surface area contributed by atoms with Crippen LogP contribution in [0.2, 0.25) is 0 Å². The fourth-order valence-electron chi connectivity index (χ4n) is 3.62. The first kappa shape index (κ1) is 29.0. The first-order valence-corrected chi connectivity index (χ1v) is 16.9. The van der Waals surface area contributed by atoms with Crippen molar-refractivity contribution in [2.24, 2.45) is 15.5 Å². The molecule has 0 amide bonds. The number of hydrogen-bond donors (Lipinski definition) is 3. The van der Waals surface area contributed by atoms with Crippen LogP contribution in [0.15, 0.2) is 102 Å². The number of benzene rings is 4. The Hall–Kier alpha value is -2.95. The van der Waals surface area contributed by atoms with Crippen LogP contribution in [0.3, 0.4) is 0 Å². The van der Waals surface area contributed by atoms with Crippen molar-refractivity contribution >= 4 is 24.6 Å². The zero-order chi connectivity index (χ0) is 27.8. The average Bonchev–Trinajstić information content (AvgIpc) is 2.89. The first-order chi connectivity index (χ1) is 18.7. The fourth-order valence-corrected chi connectivity index (χ4v) is 9.55. The van der Waals surface area contributed by atoms with Gasteiger partial charge in [0.1, 0.15) is 0 Å². The van der Waals surface area contributed by atoms with E-state index in [0.29, 0.717) is 23.0 Å². The summed E-state index contributed by atoms with van der Waals surface area (Å²) in [6, 6.07) is 30.7. The molecule has 0 heterocycles. The summed E-state index contributed by atoms with van der Waals surface area (Å²) in [7, 11) is -7.95. The summed E-state index contributed by atoms with van der Waals surface area (Å²) in [4.78, 5) is 3.42. The molecule has 0 fully saturated rings. The van der Waals surface area contributed by atoms with Crippen molar-refractivity contribution in [3.63, 3.8) is 0 Å². The normalized spacial score (nSPS) is 11.8. The molecule has 4 aromatic carbocycles. The van der Waals surface area contributed by atoms with Gasteiger partial charge in [-0.1, -0.05) is 0 Å². The molecule has 0 bridgehead atoms. The van der Waals surface area contributed by atoms with E-state index in [1.807, 2.05) is 125 Å². The molecule has 0 aliphatic heterocycles. The van der Waals surface area contributed by atoms with Crippen molar-refractivity contribution in [1.29, 1.82) is 0 Å². The molecule has 206 valence electrons. The van der Waals surface area contributed by atoms with Gasteiger partial charge < -0.3 is 0 Å². The van der Waals surface area contributed by atoms with Crippen molar-refractivity contribution in [1.82, 2.24) is 4.86 Å². The Bertz CT molecular complexity index is 1350. The molecular formula is C28H35N4O4P3. The van der Waals surface area contributed by atoms with Crippen LogP contribution in [0.1, 0.15) is 22.3 Å². The van der Waals surface area contributed by atoms with Gasteiger partial charge in [0.05, 0.1) is 0 Å². The monoisotopic (exact) mass is 584 g/mol. The van der Waals surface area contributed by atoms with E-state index >= 15 is 0 Å². The summed E-state index contributed by atoms with van der Waals surface area (Å²) < 4.78 is 30.9. The molecule has 4 rings (SSSR count). The molecule has 0 atom stereocenters. The van der Waals surface area contributed by atoms with Crippen LogP contribution in [0.25, 0.3) is 0 Å². The predicted octanol–water partition coefficient (Wildman–Crippen LogP) is 7.91. The van der Waals surface area contributed by atoms with Gasteiger partial charge in [-0.2, -0.15) is 0 Å². The third kappa shape index (κ3) is 8.03. The van der Waals surface area contributed by atoms with Crippen LogP contribution in [-0.2, 0) is 0 Å². The topological polar surface area (TPSA) is 113 Å².